The Hall–Kier alpha value is -1.31. The molecule has 0 bridgehead atoms. The van der Waals surface area contributed by atoms with Crippen molar-refractivity contribution in [1.29, 1.82) is 0 Å². The van der Waals surface area contributed by atoms with Crippen LogP contribution < -0.4 is 15.8 Å². The minimum absolute atomic E-state index is 0.0232. The number of hydrogen-bond donors (Lipinski definition) is 3. The van der Waals surface area contributed by atoms with Gasteiger partial charge in [0.1, 0.15) is 4.90 Å². The van der Waals surface area contributed by atoms with Gasteiger partial charge in [-0.15, -0.1) is 0 Å². The molecule has 1 aromatic rings. The van der Waals surface area contributed by atoms with Crippen LogP contribution in [0.4, 0.5) is 5.69 Å². The number of amides is 1. The van der Waals surface area contributed by atoms with E-state index < -0.39 is 10.0 Å². The second-order valence-electron chi connectivity index (χ2n) is 4.36. The number of hydrogen-bond acceptors (Lipinski definition) is 4. The predicted molar refractivity (Wildman–Crippen MR) is 72.2 cm³/mol. The summed E-state index contributed by atoms with van der Waals surface area (Å²) in [6, 6.07) is 4.28. The van der Waals surface area contributed by atoms with Gasteiger partial charge in [0.05, 0.1) is 11.6 Å². The summed E-state index contributed by atoms with van der Waals surface area (Å²) in [5.41, 5.74) is 5.86. The van der Waals surface area contributed by atoms with E-state index in [0.29, 0.717) is 5.69 Å². The standard InChI is InChI=1S/C11H14ClN3O3S/c12-9-5-7(13)1-4-10(9)19(17,18)14-6-11(16)15-8-2-3-8/h1,4-5,8,14H,2-3,6,13H2,(H,15,16). The molecule has 0 radical (unpaired) electrons. The summed E-state index contributed by atoms with van der Waals surface area (Å²) in [6.45, 7) is -0.306. The molecular weight excluding hydrogens is 290 g/mol. The Morgan fingerprint density at radius 1 is 1.42 bits per heavy atom. The lowest BCUT2D eigenvalue weighted by Crippen LogP contribution is -2.37. The second kappa shape index (κ2) is 5.36. The summed E-state index contributed by atoms with van der Waals surface area (Å²) in [6.07, 6.45) is 1.89. The van der Waals surface area contributed by atoms with Crippen LogP contribution in [0.15, 0.2) is 23.1 Å². The van der Waals surface area contributed by atoms with E-state index in [9.17, 15) is 13.2 Å². The van der Waals surface area contributed by atoms with Crippen LogP contribution in [-0.2, 0) is 14.8 Å². The Morgan fingerprint density at radius 3 is 2.68 bits per heavy atom. The normalized spacial score (nSPS) is 15.2. The molecule has 1 saturated carbocycles. The van der Waals surface area contributed by atoms with Crippen LogP contribution in [0.3, 0.4) is 0 Å². The zero-order valence-corrected chi connectivity index (χ0v) is 11.6. The first-order chi connectivity index (χ1) is 8.88. The Bertz CT molecular complexity index is 599. The maximum atomic E-state index is 12.0. The monoisotopic (exact) mass is 303 g/mol. The van der Waals surface area contributed by atoms with Crippen molar-refractivity contribution in [1.82, 2.24) is 10.0 Å². The molecule has 1 fully saturated rings. The lowest BCUT2D eigenvalue weighted by molar-refractivity contribution is -0.120. The second-order valence-corrected chi connectivity index (χ2v) is 6.50. The fourth-order valence-electron chi connectivity index (χ4n) is 1.48. The molecule has 0 aliphatic heterocycles. The number of nitrogen functional groups attached to an aromatic ring is 1. The van der Waals surface area contributed by atoms with Crippen molar-refractivity contribution in [3.05, 3.63) is 23.2 Å². The Balaban J connectivity index is 2.02. The van der Waals surface area contributed by atoms with Gasteiger partial charge in [-0.1, -0.05) is 11.6 Å². The topological polar surface area (TPSA) is 101 Å². The predicted octanol–water partition coefficient (Wildman–Crippen LogP) is 0.479. The first-order valence-electron chi connectivity index (χ1n) is 5.72. The molecule has 0 unspecified atom stereocenters. The summed E-state index contributed by atoms with van der Waals surface area (Å²) in [5.74, 6) is -0.349. The third-order valence-electron chi connectivity index (χ3n) is 2.61. The molecule has 0 spiro atoms. The zero-order chi connectivity index (χ0) is 14.0. The van der Waals surface area contributed by atoms with Crippen molar-refractivity contribution < 1.29 is 13.2 Å². The molecule has 0 heterocycles. The highest BCUT2D eigenvalue weighted by Crippen LogP contribution is 2.23. The Morgan fingerprint density at radius 2 is 2.11 bits per heavy atom. The van der Waals surface area contributed by atoms with Crippen molar-refractivity contribution in [2.24, 2.45) is 0 Å². The molecule has 104 valence electrons. The van der Waals surface area contributed by atoms with Crippen molar-refractivity contribution in [3.8, 4) is 0 Å². The van der Waals surface area contributed by atoms with E-state index in [4.69, 9.17) is 17.3 Å². The molecule has 0 saturated heterocycles. The molecule has 0 aromatic heterocycles. The highest BCUT2D eigenvalue weighted by Gasteiger charge is 2.24. The van der Waals surface area contributed by atoms with Crippen molar-refractivity contribution in [2.75, 3.05) is 12.3 Å². The van der Waals surface area contributed by atoms with Crippen LogP contribution in [0.5, 0.6) is 0 Å². The minimum Gasteiger partial charge on any atom is -0.399 e. The van der Waals surface area contributed by atoms with Gasteiger partial charge in [-0.3, -0.25) is 4.79 Å². The van der Waals surface area contributed by atoms with E-state index in [1.165, 1.54) is 18.2 Å². The first-order valence-corrected chi connectivity index (χ1v) is 7.58. The van der Waals surface area contributed by atoms with Crippen LogP contribution in [0.2, 0.25) is 5.02 Å². The number of carbonyl (C=O) groups excluding carboxylic acids is 1. The van der Waals surface area contributed by atoms with Gasteiger partial charge in [0, 0.05) is 11.7 Å². The molecule has 1 amide bonds. The van der Waals surface area contributed by atoms with Crippen LogP contribution in [0.1, 0.15) is 12.8 Å². The van der Waals surface area contributed by atoms with Gasteiger partial charge in [0.2, 0.25) is 15.9 Å². The summed E-state index contributed by atoms with van der Waals surface area (Å²) in [7, 11) is -3.82. The highest BCUT2D eigenvalue weighted by atomic mass is 35.5. The number of nitrogens with two attached hydrogens (primary N) is 1. The van der Waals surface area contributed by atoms with Crippen molar-refractivity contribution in [3.63, 3.8) is 0 Å². The Kier molecular flexibility index (Phi) is 3.98. The number of anilines is 1. The molecule has 19 heavy (non-hydrogen) atoms. The van der Waals surface area contributed by atoms with Gasteiger partial charge >= 0.3 is 0 Å². The smallest absolute Gasteiger partial charge is 0.242 e. The molecule has 8 heteroatoms. The van der Waals surface area contributed by atoms with E-state index in [2.05, 4.69) is 10.0 Å². The van der Waals surface area contributed by atoms with E-state index in [1.807, 2.05) is 0 Å². The number of benzene rings is 1. The molecule has 1 aliphatic carbocycles. The fraction of sp³-hybridized carbons (Fsp3) is 0.364. The van der Waals surface area contributed by atoms with Crippen LogP contribution in [0, 0.1) is 0 Å². The zero-order valence-electron chi connectivity index (χ0n) is 10.0. The third kappa shape index (κ3) is 3.82. The molecule has 6 nitrogen and oxygen atoms in total. The molecule has 2 rings (SSSR count). The largest absolute Gasteiger partial charge is 0.399 e. The van der Waals surface area contributed by atoms with Gasteiger partial charge in [-0.25, -0.2) is 13.1 Å². The van der Waals surface area contributed by atoms with E-state index >= 15 is 0 Å². The molecule has 4 N–H and O–H groups in total. The first kappa shape index (κ1) is 14.1. The fourth-order valence-corrected chi connectivity index (χ4v) is 3.01. The molecule has 0 atom stereocenters. The van der Waals surface area contributed by atoms with Gasteiger partial charge in [0.25, 0.3) is 0 Å². The maximum absolute atomic E-state index is 12.0. The lowest BCUT2D eigenvalue weighted by Gasteiger charge is -2.09. The average molecular weight is 304 g/mol. The van der Waals surface area contributed by atoms with Crippen molar-refractivity contribution in [2.45, 2.75) is 23.8 Å². The van der Waals surface area contributed by atoms with Gasteiger partial charge < -0.3 is 11.1 Å². The summed E-state index contributed by atoms with van der Waals surface area (Å²) in [5, 5.41) is 2.71. The van der Waals surface area contributed by atoms with Crippen LogP contribution in [0.25, 0.3) is 0 Å². The van der Waals surface area contributed by atoms with E-state index in [1.54, 1.807) is 0 Å². The summed E-state index contributed by atoms with van der Waals surface area (Å²) >= 11 is 5.82. The number of rotatable bonds is 5. The average Bonchev–Trinajstić information content (AvgIpc) is 3.10. The van der Waals surface area contributed by atoms with Gasteiger partial charge in [-0.05, 0) is 31.0 Å². The van der Waals surface area contributed by atoms with Gasteiger partial charge in [-0.2, -0.15) is 0 Å². The minimum atomic E-state index is -3.82. The number of carbonyl (C=O) groups is 1. The van der Waals surface area contributed by atoms with E-state index in [-0.39, 0.29) is 28.4 Å². The van der Waals surface area contributed by atoms with Crippen LogP contribution in [-0.4, -0.2) is 26.9 Å². The quantitative estimate of drug-likeness (QED) is 0.689. The number of halogens is 1. The van der Waals surface area contributed by atoms with E-state index in [0.717, 1.165) is 12.8 Å². The molecule has 1 aliphatic rings. The SMILES string of the molecule is Nc1ccc(S(=O)(=O)NCC(=O)NC2CC2)c(Cl)c1. The number of sulfonamides is 1. The maximum Gasteiger partial charge on any atom is 0.242 e. The summed E-state index contributed by atoms with van der Waals surface area (Å²) < 4.78 is 26.1. The molecule has 1 aromatic carbocycles. The summed E-state index contributed by atoms with van der Waals surface area (Å²) in [4.78, 5) is 11.3. The molecular formula is C11H14ClN3O3S. The highest BCUT2D eigenvalue weighted by molar-refractivity contribution is 7.89. The number of nitrogens with one attached hydrogen (secondary N) is 2. The lowest BCUT2D eigenvalue weighted by atomic mass is 10.3. The van der Waals surface area contributed by atoms with Gasteiger partial charge in [0.15, 0.2) is 0 Å². The van der Waals surface area contributed by atoms with Crippen molar-refractivity contribution >= 4 is 33.2 Å². The Labute approximate surface area is 116 Å². The van der Waals surface area contributed by atoms with Crippen LogP contribution >= 0.6 is 11.6 Å². The third-order valence-corrected chi connectivity index (χ3v) is 4.49.